The number of hydrogen-bond acceptors (Lipinski definition) is 5. The summed E-state index contributed by atoms with van der Waals surface area (Å²) in [6, 6.07) is 8.46. The van der Waals surface area contributed by atoms with Crippen LogP contribution in [0.5, 0.6) is 0 Å². The molecular weight excluding hydrogens is 280 g/mol. The van der Waals surface area contributed by atoms with Crippen LogP contribution in [0.4, 0.5) is 0 Å². The Balaban J connectivity index is 1.50. The van der Waals surface area contributed by atoms with Crippen molar-refractivity contribution < 1.29 is 4.79 Å². The summed E-state index contributed by atoms with van der Waals surface area (Å²) < 4.78 is 1.57. The smallest absolute Gasteiger partial charge is 0.253 e. The minimum Gasteiger partial charge on any atom is -0.337 e. The third-order valence-electron chi connectivity index (χ3n) is 4.54. The molecule has 2 saturated heterocycles. The molecule has 1 N–H and O–H groups in total. The lowest BCUT2D eigenvalue weighted by atomic mass is 10.1. The Morgan fingerprint density at radius 2 is 1.95 bits per heavy atom. The highest BCUT2D eigenvalue weighted by atomic mass is 16.2. The summed E-state index contributed by atoms with van der Waals surface area (Å²) in [7, 11) is 0. The van der Waals surface area contributed by atoms with E-state index in [4.69, 9.17) is 0 Å². The number of benzene rings is 1. The van der Waals surface area contributed by atoms with Gasteiger partial charge in [0, 0.05) is 30.7 Å². The molecule has 1 aromatic carbocycles. The molecular formula is C15H18N6O. The molecule has 2 fully saturated rings. The van der Waals surface area contributed by atoms with Crippen molar-refractivity contribution in [1.29, 1.82) is 0 Å². The molecule has 0 saturated carbocycles. The van der Waals surface area contributed by atoms with Gasteiger partial charge in [0.2, 0.25) is 0 Å². The Labute approximate surface area is 128 Å². The first-order valence-electron chi connectivity index (χ1n) is 7.68. The van der Waals surface area contributed by atoms with E-state index in [1.807, 2.05) is 29.2 Å². The maximum Gasteiger partial charge on any atom is 0.253 e. The Morgan fingerprint density at radius 1 is 1.14 bits per heavy atom. The number of fused-ring (bicyclic) bond motifs is 2. The van der Waals surface area contributed by atoms with E-state index in [-0.39, 0.29) is 5.91 Å². The second-order valence-corrected chi connectivity index (χ2v) is 5.98. The van der Waals surface area contributed by atoms with Crippen molar-refractivity contribution >= 4 is 5.91 Å². The number of tetrazole rings is 1. The van der Waals surface area contributed by atoms with Gasteiger partial charge in [-0.25, -0.2) is 4.68 Å². The average molecular weight is 298 g/mol. The molecule has 2 bridgehead atoms. The van der Waals surface area contributed by atoms with Crippen LogP contribution in [0, 0.1) is 0 Å². The fourth-order valence-corrected chi connectivity index (χ4v) is 3.35. The Kier molecular flexibility index (Phi) is 3.34. The largest absolute Gasteiger partial charge is 0.337 e. The first-order chi connectivity index (χ1) is 10.8. The summed E-state index contributed by atoms with van der Waals surface area (Å²) in [5.74, 6) is 0.109. The number of rotatable bonds is 2. The molecule has 0 spiro atoms. The van der Waals surface area contributed by atoms with Crippen LogP contribution in [-0.2, 0) is 0 Å². The van der Waals surface area contributed by atoms with Gasteiger partial charge in [0.25, 0.3) is 5.91 Å². The first-order valence-corrected chi connectivity index (χ1v) is 7.68. The van der Waals surface area contributed by atoms with Crippen LogP contribution >= 0.6 is 0 Å². The summed E-state index contributed by atoms with van der Waals surface area (Å²) in [4.78, 5) is 14.7. The summed E-state index contributed by atoms with van der Waals surface area (Å²) >= 11 is 0. The molecule has 0 radical (unpaired) electrons. The van der Waals surface area contributed by atoms with Gasteiger partial charge < -0.3 is 10.2 Å². The van der Waals surface area contributed by atoms with E-state index in [1.54, 1.807) is 4.68 Å². The number of hydrogen-bond donors (Lipinski definition) is 1. The van der Waals surface area contributed by atoms with Crippen LogP contribution in [0.1, 0.15) is 29.6 Å². The van der Waals surface area contributed by atoms with Gasteiger partial charge in [-0.05, 0) is 54.0 Å². The number of likely N-dealkylation sites (tertiary alicyclic amines) is 1. The topological polar surface area (TPSA) is 75.9 Å². The molecule has 2 atom stereocenters. The van der Waals surface area contributed by atoms with Gasteiger partial charge in [-0.2, -0.15) is 0 Å². The molecule has 3 heterocycles. The second kappa shape index (κ2) is 5.49. The lowest BCUT2D eigenvalue weighted by Crippen LogP contribution is -2.39. The monoisotopic (exact) mass is 298 g/mol. The molecule has 114 valence electrons. The highest BCUT2D eigenvalue weighted by Gasteiger charge is 2.31. The van der Waals surface area contributed by atoms with Crippen LogP contribution in [0.2, 0.25) is 0 Å². The van der Waals surface area contributed by atoms with Crippen LogP contribution in [0.3, 0.4) is 0 Å². The van der Waals surface area contributed by atoms with Gasteiger partial charge >= 0.3 is 0 Å². The molecule has 2 aliphatic heterocycles. The highest BCUT2D eigenvalue weighted by molar-refractivity contribution is 5.94. The van der Waals surface area contributed by atoms with E-state index in [9.17, 15) is 4.79 Å². The van der Waals surface area contributed by atoms with Gasteiger partial charge in [-0.3, -0.25) is 4.79 Å². The van der Waals surface area contributed by atoms with Crippen LogP contribution in [-0.4, -0.2) is 56.2 Å². The SMILES string of the molecule is O=C(c1ccc(-n2cnnn2)cc1)N1CCC2CCC(C1)N2. The van der Waals surface area contributed by atoms with E-state index in [0.717, 1.165) is 30.8 Å². The quantitative estimate of drug-likeness (QED) is 0.880. The lowest BCUT2D eigenvalue weighted by Gasteiger charge is -2.24. The maximum atomic E-state index is 12.7. The number of carbonyl (C=O) groups is 1. The zero-order valence-electron chi connectivity index (χ0n) is 12.2. The summed E-state index contributed by atoms with van der Waals surface area (Å²) in [6.07, 6.45) is 5.00. The molecule has 2 aromatic rings. The van der Waals surface area contributed by atoms with Crippen LogP contribution < -0.4 is 5.32 Å². The number of amides is 1. The Hall–Kier alpha value is -2.28. The van der Waals surface area contributed by atoms with E-state index >= 15 is 0 Å². The third-order valence-corrected chi connectivity index (χ3v) is 4.54. The molecule has 7 nitrogen and oxygen atoms in total. The van der Waals surface area contributed by atoms with E-state index in [2.05, 4.69) is 20.8 Å². The van der Waals surface area contributed by atoms with Crippen molar-refractivity contribution in [2.24, 2.45) is 0 Å². The predicted molar refractivity (Wildman–Crippen MR) is 79.6 cm³/mol. The Morgan fingerprint density at radius 3 is 2.73 bits per heavy atom. The lowest BCUT2D eigenvalue weighted by molar-refractivity contribution is 0.0748. The maximum absolute atomic E-state index is 12.7. The van der Waals surface area contributed by atoms with Gasteiger partial charge in [0.05, 0.1) is 5.69 Å². The zero-order valence-corrected chi connectivity index (χ0v) is 12.2. The molecule has 1 amide bonds. The fourth-order valence-electron chi connectivity index (χ4n) is 3.35. The molecule has 7 heteroatoms. The molecule has 22 heavy (non-hydrogen) atoms. The second-order valence-electron chi connectivity index (χ2n) is 5.98. The number of carbonyl (C=O) groups excluding carboxylic acids is 1. The average Bonchev–Trinajstić information content (AvgIpc) is 3.17. The van der Waals surface area contributed by atoms with Crippen molar-refractivity contribution in [2.75, 3.05) is 13.1 Å². The van der Waals surface area contributed by atoms with Gasteiger partial charge in [0.1, 0.15) is 6.33 Å². The summed E-state index contributed by atoms with van der Waals surface area (Å²) in [5, 5.41) is 14.7. The molecule has 2 aliphatic rings. The highest BCUT2D eigenvalue weighted by Crippen LogP contribution is 2.21. The van der Waals surface area contributed by atoms with Crippen molar-refractivity contribution in [3.8, 4) is 5.69 Å². The Bertz CT molecular complexity index is 653. The fraction of sp³-hybridized carbons (Fsp3) is 0.467. The normalized spacial score (nSPS) is 24.3. The van der Waals surface area contributed by atoms with Crippen molar-refractivity contribution in [3.63, 3.8) is 0 Å². The summed E-state index contributed by atoms with van der Waals surface area (Å²) in [5.41, 5.74) is 1.56. The molecule has 1 aromatic heterocycles. The standard InChI is InChI=1S/C15H18N6O/c22-15(20-8-7-12-3-4-13(9-20)17-12)11-1-5-14(6-2-11)21-10-16-18-19-21/h1-2,5-6,10,12-13,17H,3-4,7-9H2. The molecule has 2 unspecified atom stereocenters. The molecule has 0 aliphatic carbocycles. The van der Waals surface area contributed by atoms with E-state index in [0.29, 0.717) is 12.1 Å². The van der Waals surface area contributed by atoms with E-state index in [1.165, 1.54) is 19.2 Å². The van der Waals surface area contributed by atoms with Gasteiger partial charge in [0.15, 0.2) is 0 Å². The summed E-state index contributed by atoms with van der Waals surface area (Å²) in [6.45, 7) is 1.64. The van der Waals surface area contributed by atoms with Crippen molar-refractivity contribution in [3.05, 3.63) is 36.2 Å². The molecule has 4 rings (SSSR count). The van der Waals surface area contributed by atoms with Gasteiger partial charge in [-0.15, -0.1) is 5.10 Å². The number of nitrogens with zero attached hydrogens (tertiary/aromatic N) is 5. The van der Waals surface area contributed by atoms with Crippen LogP contribution in [0.25, 0.3) is 5.69 Å². The zero-order chi connectivity index (χ0) is 14.9. The minimum atomic E-state index is 0.109. The first kappa shape index (κ1) is 13.4. The van der Waals surface area contributed by atoms with E-state index < -0.39 is 0 Å². The number of nitrogens with one attached hydrogen (secondary N) is 1. The third kappa shape index (κ3) is 2.48. The minimum absolute atomic E-state index is 0.109. The van der Waals surface area contributed by atoms with Crippen molar-refractivity contribution in [1.82, 2.24) is 30.4 Å². The van der Waals surface area contributed by atoms with Crippen molar-refractivity contribution in [2.45, 2.75) is 31.3 Å². The van der Waals surface area contributed by atoms with Crippen LogP contribution in [0.15, 0.2) is 30.6 Å². The number of aromatic nitrogens is 4. The predicted octanol–water partition coefficient (Wildman–Crippen LogP) is 0.629. The van der Waals surface area contributed by atoms with Gasteiger partial charge in [-0.1, -0.05) is 0 Å².